The van der Waals surface area contributed by atoms with Gasteiger partial charge in [0.05, 0.1) is 0 Å². The Morgan fingerprint density at radius 3 is 2.16 bits per heavy atom. The summed E-state index contributed by atoms with van der Waals surface area (Å²) in [4.78, 5) is 15.3. The molecule has 31 heavy (non-hydrogen) atoms. The van der Waals surface area contributed by atoms with Crippen LogP contribution in [0.2, 0.25) is 0 Å². The lowest BCUT2D eigenvalue weighted by molar-refractivity contribution is -0.308. The highest BCUT2D eigenvalue weighted by Gasteiger charge is 2.60. The molecule has 0 N–H and O–H groups in total. The van der Waals surface area contributed by atoms with Crippen molar-refractivity contribution in [2.24, 2.45) is 0 Å². The van der Waals surface area contributed by atoms with Crippen molar-refractivity contribution in [2.75, 3.05) is 19.6 Å². The molecule has 0 aromatic heterocycles. The zero-order chi connectivity index (χ0) is 23.0. The Morgan fingerprint density at radius 2 is 1.61 bits per heavy atom. The fourth-order valence-electron chi connectivity index (χ4n) is 4.53. The molecule has 2 heterocycles. The molecule has 0 unspecified atom stereocenters. The highest BCUT2D eigenvalue weighted by Crippen LogP contribution is 2.40. The SMILES string of the molecule is Cc1ccc(CN2CCCC23CCN(C(=O)OC(C(F)(F)F)C(F)(F)F)CC3)cc1C. The lowest BCUT2D eigenvalue weighted by Crippen LogP contribution is -2.54. The molecule has 1 aromatic carbocycles. The fourth-order valence-corrected chi connectivity index (χ4v) is 4.53. The van der Waals surface area contributed by atoms with Crippen LogP contribution in [0.15, 0.2) is 18.2 Å². The summed E-state index contributed by atoms with van der Waals surface area (Å²) < 4.78 is 79.9. The average molecular weight is 452 g/mol. The number of likely N-dealkylation sites (tertiary alicyclic amines) is 2. The number of hydrogen-bond acceptors (Lipinski definition) is 3. The molecule has 1 aromatic rings. The van der Waals surface area contributed by atoms with Crippen molar-refractivity contribution in [3.05, 3.63) is 34.9 Å². The molecule has 174 valence electrons. The van der Waals surface area contributed by atoms with Crippen LogP contribution in [0.3, 0.4) is 0 Å². The molecule has 0 bridgehead atoms. The molecule has 2 saturated heterocycles. The maximum Gasteiger partial charge on any atom is 0.434 e. The van der Waals surface area contributed by atoms with E-state index in [0.717, 1.165) is 36.4 Å². The van der Waals surface area contributed by atoms with Crippen LogP contribution in [0, 0.1) is 13.8 Å². The summed E-state index contributed by atoms with van der Waals surface area (Å²) in [6.07, 6.45) is -14.3. The first-order chi connectivity index (χ1) is 14.3. The zero-order valence-corrected chi connectivity index (χ0v) is 17.4. The minimum absolute atomic E-state index is 0.0602. The van der Waals surface area contributed by atoms with Gasteiger partial charge in [-0.2, -0.15) is 26.3 Å². The summed E-state index contributed by atoms with van der Waals surface area (Å²) in [5, 5.41) is 0. The van der Waals surface area contributed by atoms with Crippen LogP contribution in [0.4, 0.5) is 31.1 Å². The van der Waals surface area contributed by atoms with Crippen LogP contribution in [-0.2, 0) is 11.3 Å². The summed E-state index contributed by atoms with van der Waals surface area (Å²) in [5.41, 5.74) is 3.34. The number of nitrogens with zero attached hydrogens (tertiary/aromatic N) is 2. The topological polar surface area (TPSA) is 32.8 Å². The van der Waals surface area contributed by atoms with Gasteiger partial charge in [-0.15, -0.1) is 0 Å². The summed E-state index contributed by atoms with van der Waals surface area (Å²) >= 11 is 0. The molecule has 0 atom stereocenters. The average Bonchev–Trinajstić information content (AvgIpc) is 3.03. The minimum atomic E-state index is -5.71. The van der Waals surface area contributed by atoms with Gasteiger partial charge in [0.15, 0.2) is 0 Å². The van der Waals surface area contributed by atoms with Crippen LogP contribution in [-0.4, -0.2) is 59.5 Å². The molecule has 2 aliphatic rings. The fraction of sp³-hybridized carbons (Fsp3) is 0.667. The maximum atomic E-state index is 12.7. The van der Waals surface area contributed by atoms with Crippen LogP contribution >= 0.6 is 0 Å². The monoisotopic (exact) mass is 452 g/mol. The molecule has 4 nitrogen and oxygen atoms in total. The van der Waals surface area contributed by atoms with E-state index < -0.39 is 24.5 Å². The number of amides is 1. The lowest BCUT2D eigenvalue weighted by atomic mass is 9.85. The predicted octanol–water partition coefficient (Wildman–Crippen LogP) is 5.36. The maximum absolute atomic E-state index is 12.7. The standard InChI is InChI=1S/C21H26F6N2O2/c1-14-4-5-16(12-15(14)2)13-29-9-3-6-19(29)7-10-28(11-8-19)18(30)31-17(20(22,23)24)21(25,26)27/h4-5,12,17H,3,6-11,13H2,1-2H3. The van der Waals surface area contributed by atoms with E-state index >= 15 is 0 Å². The molecule has 0 aliphatic carbocycles. The second-order valence-electron chi connectivity index (χ2n) is 8.50. The van der Waals surface area contributed by atoms with Crippen molar-refractivity contribution >= 4 is 6.09 Å². The number of ether oxygens (including phenoxy) is 1. The molecule has 0 radical (unpaired) electrons. The third kappa shape index (κ3) is 5.27. The molecule has 2 aliphatic heterocycles. The van der Waals surface area contributed by atoms with Gasteiger partial charge in [0, 0.05) is 25.2 Å². The van der Waals surface area contributed by atoms with Crippen molar-refractivity contribution in [1.82, 2.24) is 9.80 Å². The Balaban J connectivity index is 1.63. The first-order valence-electron chi connectivity index (χ1n) is 10.2. The predicted molar refractivity (Wildman–Crippen MR) is 101 cm³/mol. The van der Waals surface area contributed by atoms with E-state index in [-0.39, 0.29) is 18.6 Å². The van der Waals surface area contributed by atoms with Gasteiger partial charge in [-0.3, -0.25) is 4.90 Å². The van der Waals surface area contributed by atoms with E-state index in [1.165, 1.54) is 11.1 Å². The Hall–Kier alpha value is -1.97. The molecule has 2 fully saturated rings. The van der Waals surface area contributed by atoms with Gasteiger partial charge >= 0.3 is 18.4 Å². The third-order valence-corrected chi connectivity index (χ3v) is 6.45. The normalized spacial score (nSPS) is 20.0. The summed E-state index contributed by atoms with van der Waals surface area (Å²) in [6, 6.07) is 6.25. The molecule has 1 amide bonds. The lowest BCUT2D eigenvalue weighted by Gasteiger charge is -2.45. The zero-order valence-electron chi connectivity index (χ0n) is 17.4. The van der Waals surface area contributed by atoms with Crippen molar-refractivity contribution in [3.63, 3.8) is 0 Å². The summed E-state index contributed by atoms with van der Waals surface area (Å²) in [6.45, 7) is 5.78. The van der Waals surface area contributed by atoms with Gasteiger partial charge in [0.1, 0.15) is 0 Å². The van der Waals surface area contributed by atoms with Gasteiger partial charge in [-0.1, -0.05) is 18.2 Å². The van der Waals surface area contributed by atoms with Gasteiger partial charge in [-0.05, 0) is 62.8 Å². The van der Waals surface area contributed by atoms with Crippen molar-refractivity contribution < 1.29 is 35.9 Å². The van der Waals surface area contributed by atoms with Gasteiger partial charge in [0.2, 0.25) is 0 Å². The number of carbonyl (C=O) groups excluding carboxylic acids is 1. The number of aryl methyl sites for hydroxylation is 2. The van der Waals surface area contributed by atoms with Crippen molar-refractivity contribution in [2.45, 2.75) is 70.1 Å². The van der Waals surface area contributed by atoms with Gasteiger partial charge < -0.3 is 9.64 Å². The Bertz CT molecular complexity index is 786. The largest absolute Gasteiger partial charge is 0.434 e. The molecular weight excluding hydrogens is 426 g/mol. The van der Waals surface area contributed by atoms with Crippen LogP contribution in [0.1, 0.15) is 42.4 Å². The van der Waals surface area contributed by atoms with Crippen molar-refractivity contribution in [1.29, 1.82) is 0 Å². The van der Waals surface area contributed by atoms with Crippen LogP contribution in [0.25, 0.3) is 0 Å². The summed E-state index contributed by atoms with van der Waals surface area (Å²) in [5.74, 6) is 0. The smallest absolute Gasteiger partial charge is 0.426 e. The third-order valence-electron chi connectivity index (χ3n) is 6.45. The van der Waals surface area contributed by atoms with Gasteiger partial charge in [-0.25, -0.2) is 4.79 Å². The Morgan fingerprint density at radius 1 is 1.00 bits per heavy atom. The van der Waals surface area contributed by atoms with E-state index in [9.17, 15) is 31.1 Å². The van der Waals surface area contributed by atoms with Gasteiger partial charge in [0.25, 0.3) is 6.10 Å². The number of alkyl halides is 6. The number of carbonyl (C=O) groups is 1. The van der Waals surface area contributed by atoms with Crippen molar-refractivity contribution in [3.8, 4) is 0 Å². The summed E-state index contributed by atoms with van der Waals surface area (Å²) in [7, 11) is 0. The number of halogens is 6. The van der Waals surface area contributed by atoms with E-state index in [4.69, 9.17) is 0 Å². The first kappa shape index (κ1) is 23.7. The molecule has 3 rings (SSSR count). The minimum Gasteiger partial charge on any atom is -0.426 e. The molecule has 10 heteroatoms. The first-order valence-corrected chi connectivity index (χ1v) is 10.2. The number of rotatable bonds is 3. The second kappa shape index (κ2) is 8.52. The van der Waals surface area contributed by atoms with E-state index in [2.05, 4.69) is 27.8 Å². The Labute approximate surface area is 177 Å². The number of hydrogen-bond donors (Lipinski definition) is 0. The van der Waals surface area contributed by atoms with Crippen LogP contribution in [0.5, 0.6) is 0 Å². The highest BCUT2D eigenvalue weighted by molar-refractivity contribution is 5.68. The van der Waals surface area contributed by atoms with E-state index in [1.807, 2.05) is 13.8 Å². The molecule has 0 saturated carbocycles. The highest BCUT2D eigenvalue weighted by atomic mass is 19.4. The van der Waals surface area contributed by atoms with E-state index in [1.54, 1.807) is 0 Å². The Kier molecular flexibility index (Phi) is 6.51. The van der Waals surface area contributed by atoms with E-state index in [0.29, 0.717) is 12.8 Å². The molecule has 1 spiro atoms. The quantitative estimate of drug-likeness (QED) is 0.579. The molecular formula is C21H26F6N2O2. The number of benzene rings is 1. The van der Waals surface area contributed by atoms with Crippen LogP contribution < -0.4 is 0 Å². The number of piperidine rings is 1. The second-order valence-corrected chi connectivity index (χ2v) is 8.50.